The first-order valence-electron chi connectivity index (χ1n) is 14.5. The van der Waals surface area contributed by atoms with Gasteiger partial charge in [-0.05, 0) is 83.9 Å². The Bertz CT molecular complexity index is 2330. The Balaban J connectivity index is 1.32. The largest absolute Gasteiger partial charge is 0.504 e. The van der Waals surface area contributed by atoms with Crippen LogP contribution in [0.25, 0.3) is 10.9 Å². The summed E-state index contributed by atoms with van der Waals surface area (Å²) in [6.45, 7) is 0. The van der Waals surface area contributed by atoms with Crippen molar-refractivity contribution in [2.45, 2.75) is 11.3 Å². The standard InChI is InChI=1S/C35H27Cl2N5O5S/c1-47-32-19-22(13-18-31(32)43)21-38-24-14-16-25(17-15-24)48(45,46)41-42-33(39-30-12-5-3-8-26(30)35(42)44)20-23-7-2-4-11-29(23)40-34-27(36)9-6-10-28(34)37/h2-19,21,40-41,43H,20H2,1H3. The van der Waals surface area contributed by atoms with Gasteiger partial charge in [0.25, 0.3) is 15.6 Å². The third-order valence-corrected chi connectivity index (χ3v) is 9.30. The molecule has 0 saturated heterocycles. The van der Waals surface area contributed by atoms with Crippen molar-refractivity contribution >= 4 is 67.4 Å². The maximum atomic E-state index is 13.8. The number of rotatable bonds is 10. The van der Waals surface area contributed by atoms with Crippen LogP contribution >= 0.6 is 23.2 Å². The smallest absolute Gasteiger partial charge is 0.280 e. The molecule has 0 aliphatic carbocycles. The van der Waals surface area contributed by atoms with Gasteiger partial charge in [0.2, 0.25) is 0 Å². The second-order valence-electron chi connectivity index (χ2n) is 10.5. The molecule has 0 bridgehead atoms. The summed E-state index contributed by atoms with van der Waals surface area (Å²) in [5, 5.41) is 14.2. The molecule has 1 heterocycles. The number of nitrogens with zero attached hydrogens (tertiary/aromatic N) is 3. The maximum absolute atomic E-state index is 13.8. The number of sulfonamides is 1. The number of ether oxygens (including phenoxy) is 1. The van der Waals surface area contributed by atoms with Crippen LogP contribution < -0.4 is 20.4 Å². The molecule has 1 aromatic heterocycles. The number of nitrogens with one attached hydrogen (secondary N) is 2. The zero-order chi connectivity index (χ0) is 33.8. The first-order chi connectivity index (χ1) is 23.1. The third-order valence-electron chi connectivity index (χ3n) is 7.36. The number of hydrogen-bond acceptors (Lipinski definition) is 8. The third kappa shape index (κ3) is 6.98. The zero-order valence-corrected chi connectivity index (χ0v) is 27.6. The Hall–Kier alpha value is -5.36. The summed E-state index contributed by atoms with van der Waals surface area (Å²) in [4.78, 5) is 25.2. The second-order valence-corrected chi connectivity index (χ2v) is 13.0. The molecule has 13 heteroatoms. The van der Waals surface area contributed by atoms with Crippen molar-refractivity contribution in [2.75, 3.05) is 17.3 Å². The number of aromatic nitrogens is 2. The predicted octanol–water partition coefficient (Wildman–Crippen LogP) is 7.43. The average Bonchev–Trinajstić information content (AvgIpc) is 3.08. The maximum Gasteiger partial charge on any atom is 0.280 e. The lowest BCUT2D eigenvalue weighted by atomic mass is 10.1. The molecule has 0 radical (unpaired) electrons. The van der Waals surface area contributed by atoms with Crippen LogP contribution in [0.15, 0.2) is 124 Å². The van der Waals surface area contributed by atoms with Crippen molar-refractivity contribution in [3.05, 3.63) is 147 Å². The van der Waals surface area contributed by atoms with Gasteiger partial charge in [-0.2, -0.15) is 13.1 Å². The molecule has 0 spiro atoms. The van der Waals surface area contributed by atoms with Crippen molar-refractivity contribution in [1.82, 2.24) is 9.66 Å². The van der Waals surface area contributed by atoms with Gasteiger partial charge >= 0.3 is 0 Å². The fourth-order valence-corrected chi connectivity index (χ4v) is 6.44. The van der Waals surface area contributed by atoms with Gasteiger partial charge in [-0.25, -0.2) is 9.82 Å². The monoisotopic (exact) mass is 699 g/mol. The van der Waals surface area contributed by atoms with E-state index in [-0.39, 0.29) is 28.3 Å². The number of fused-ring (bicyclic) bond motifs is 1. The van der Waals surface area contributed by atoms with Crippen LogP contribution in [0.4, 0.5) is 17.1 Å². The van der Waals surface area contributed by atoms with Gasteiger partial charge in [0, 0.05) is 18.3 Å². The molecule has 0 aliphatic heterocycles. The van der Waals surface area contributed by atoms with E-state index >= 15 is 0 Å². The summed E-state index contributed by atoms with van der Waals surface area (Å²) in [6.07, 6.45) is 1.63. The molecule has 48 heavy (non-hydrogen) atoms. The van der Waals surface area contributed by atoms with E-state index in [4.69, 9.17) is 27.9 Å². The minimum Gasteiger partial charge on any atom is -0.504 e. The van der Waals surface area contributed by atoms with E-state index in [0.717, 1.165) is 4.68 Å². The lowest BCUT2D eigenvalue weighted by Crippen LogP contribution is -2.36. The Morgan fingerprint density at radius 1 is 0.917 bits per heavy atom. The van der Waals surface area contributed by atoms with Gasteiger partial charge in [0.1, 0.15) is 5.82 Å². The van der Waals surface area contributed by atoms with Crippen molar-refractivity contribution in [1.29, 1.82) is 0 Å². The van der Waals surface area contributed by atoms with Crippen LogP contribution in [-0.4, -0.2) is 36.5 Å². The van der Waals surface area contributed by atoms with Crippen molar-refractivity contribution in [3.8, 4) is 11.5 Å². The number of aliphatic imine (C=N–C) groups is 1. The number of anilines is 2. The lowest BCUT2D eigenvalue weighted by Gasteiger charge is -2.18. The summed E-state index contributed by atoms with van der Waals surface area (Å²) in [5.41, 5.74) is 2.85. The van der Waals surface area contributed by atoms with Crippen LogP contribution in [0, 0.1) is 0 Å². The number of aromatic hydroxyl groups is 1. The first-order valence-corrected chi connectivity index (χ1v) is 16.7. The molecule has 0 aliphatic rings. The number of para-hydroxylation sites is 3. The average molecular weight is 701 g/mol. The van der Waals surface area contributed by atoms with Crippen LogP contribution in [-0.2, 0) is 16.4 Å². The predicted molar refractivity (Wildman–Crippen MR) is 190 cm³/mol. The van der Waals surface area contributed by atoms with E-state index < -0.39 is 15.6 Å². The zero-order valence-electron chi connectivity index (χ0n) is 25.3. The van der Waals surface area contributed by atoms with E-state index in [2.05, 4.69) is 20.1 Å². The van der Waals surface area contributed by atoms with Crippen molar-refractivity contribution < 1.29 is 18.3 Å². The van der Waals surface area contributed by atoms with Gasteiger partial charge < -0.3 is 15.2 Å². The van der Waals surface area contributed by atoms with E-state index in [1.165, 1.54) is 37.4 Å². The highest BCUT2D eigenvalue weighted by Crippen LogP contribution is 2.34. The van der Waals surface area contributed by atoms with E-state index in [1.807, 2.05) is 24.3 Å². The number of halogens is 2. The van der Waals surface area contributed by atoms with Crippen LogP contribution in [0.1, 0.15) is 17.0 Å². The Morgan fingerprint density at radius 3 is 2.38 bits per heavy atom. The minimum atomic E-state index is -4.26. The van der Waals surface area contributed by atoms with Crippen LogP contribution in [0.5, 0.6) is 11.5 Å². The molecule has 0 saturated carbocycles. The molecule has 0 amide bonds. The Kier molecular flexibility index (Phi) is 9.35. The molecule has 0 unspecified atom stereocenters. The number of benzene rings is 5. The molecule has 3 N–H and O–H groups in total. The molecular formula is C35H27Cl2N5O5S. The van der Waals surface area contributed by atoms with Crippen LogP contribution in [0.3, 0.4) is 0 Å². The Labute approximate surface area is 285 Å². The minimum absolute atomic E-state index is 0.00322. The van der Waals surface area contributed by atoms with E-state index in [0.29, 0.717) is 49.5 Å². The number of hydrogen-bond donors (Lipinski definition) is 3. The van der Waals surface area contributed by atoms with Gasteiger partial charge in [-0.3, -0.25) is 9.79 Å². The Morgan fingerprint density at radius 2 is 1.62 bits per heavy atom. The number of methoxy groups -OCH3 is 1. The first kappa shape index (κ1) is 32.6. The van der Waals surface area contributed by atoms with Gasteiger partial charge in [-0.15, -0.1) is 0 Å². The molecule has 10 nitrogen and oxygen atoms in total. The normalized spacial score (nSPS) is 11.6. The summed E-state index contributed by atoms with van der Waals surface area (Å²) >= 11 is 12.8. The number of phenolic OH excluding ortho intramolecular Hbond substituents is 1. The molecule has 242 valence electrons. The molecule has 5 aromatic carbocycles. The van der Waals surface area contributed by atoms with Gasteiger partial charge in [0.15, 0.2) is 11.5 Å². The van der Waals surface area contributed by atoms with Crippen molar-refractivity contribution in [3.63, 3.8) is 0 Å². The summed E-state index contributed by atoms with van der Waals surface area (Å²) in [6, 6.07) is 29.8. The second kappa shape index (κ2) is 13.8. The van der Waals surface area contributed by atoms with Gasteiger partial charge in [0.05, 0.1) is 44.3 Å². The highest BCUT2D eigenvalue weighted by Gasteiger charge is 2.20. The molecule has 6 aromatic rings. The number of phenols is 1. The topological polar surface area (TPSA) is 135 Å². The SMILES string of the molecule is COc1cc(C=Nc2ccc(S(=O)(=O)Nn3c(Cc4ccccc4Nc4c(Cl)cccc4Cl)nc4ccccc4c3=O)cc2)ccc1O. The van der Waals surface area contributed by atoms with E-state index in [1.54, 1.807) is 60.8 Å². The summed E-state index contributed by atoms with van der Waals surface area (Å²) in [5.74, 6) is 0.463. The van der Waals surface area contributed by atoms with E-state index in [9.17, 15) is 18.3 Å². The quantitative estimate of drug-likeness (QED) is 0.127. The highest BCUT2D eigenvalue weighted by molar-refractivity contribution is 7.92. The fourth-order valence-electron chi connectivity index (χ4n) is 4.92. The van der Waals surface area contributed by atoms with Crippen LogP contribution in [0.2, 0.25) is 10.0 Å². The lowest BCUT2D eigenvalue weighted by molar-refractivity contribution is 0.373. The highest BCUT2D eigenvalue weighted by atomic mass is 35.5. The summed E-state index contributed by atoms with van der Waals surface area (Å²) < 4.78 is 33.4. The molecule has 6 rings (SSSR count). The fraction of sp³-hybridized carbons (Fsp3) is 0.0571. The molecule has 0 atom stereocenters. The molecule has 0 fully saturated rings. The summed E-state index contributed by atoms with van der Waals surface area (Å²) in [7, 11) is -2.81. The van der Waals surface area contributed by atoms with Crippen molar-refractivity contribution in [2.24, 2.45) is 4.99 Å². The molecular weight excluding hydrogens is 673 g/mol. The van der Waals surface area contributed by atoms with Gasteiger partial charge in [-0.1, -0.05) is 59.6 Å².